The molecule has 2 heterocycles. The molecule has 2 aromatic rings. The van der Waals surface area contributed by atoms with Gasteiger partial charge in [0.25, 0.3) is 0 Å². The molecule has 0 N–H and O–H groups in total. The van der Waals surface area contributed by atoms with Gasteiger partial charge in [0, 0.05) is 12.1 Å². The molecule has 3 rings (SSSR count). The third-order valence-corrected chi connectivity index (χ3v) is 3.28. The number of hydrogen-bond acceptors (Lipinski definition) is 3. The fraction of sp³-hybridized carbons (Fsp3) is 0.462. The summed E-state index contributed by atoms with van der Waals surface area (Å²) in [6, 6.07) is 6.20. The number of hydrogen-bond donors (Lipinski definition) is 0. The van der Waals surface area contributed by atoms with Gasteiger partial charge in [-0.2, -0.15) is 0 Å². The summed E-state index contributed by atoms with van der Waals surface area (Å²) in [6.45, 7) is 3.42. The normalized spacial score (nSPS) is 18.0. The number of aromatic nitrogens is 1. The van der Waals surface area contributed by atoms with E-state index in [9.17, 15) is 0 Å². The molecule has 0 aliphatic carbocycles. The van der Waals surface area contributed by atoms with Gasteiger partial charge in [-0.05, 0) is 32.0 Å². The van der Waals surface area contributed by atoms with Crippen LogP contribution < -0.4 is 0 Å². The Morgan fingerprint density at radius 3 is 2.94 bits per heavy atom. The second-order valence-electron chi connectivity index (χ2n) is 4.45. The van der Waals surface area contributed by atoms with Crippen LogP contribution in [0.25, 0.3) is 11.1 Å². The SMILES string of the molecule is c1cc(CN2CCCCC2)c2ocnc2c1. The third kappa shape index (κ3) is 1.83. The summed E-state index contributed by atoms with van der Waals surface area (Å²) in [5.74, 6) is 0. The summed E-state index contributed by atoms with van der Waals surface area (Å²) in [6.07, 6.45) is 5.56. The van der Waals surface area contributed by atoms with Gasteiger partial charge in [0.2, 0.25) is 0 Å². The zero-order valence-corrected chi connectivity index (χ0v) is 9.35. The number of fused-ring (bicyclic) bond motifs is 1. The Balaban J connectivity index is 1.85. The van der Waals surface area contributed by atoms with Crippen molar-refractivity contribution in [3.05, 3.63) is 30.2 Å². The van der Waals surface area contributed by atoms with E-state index in [2.05, 4.69) is 22.0 Å². The van der Waals surface area contributed by atoms with Crippen LogP contribution in [0.5, 0.6) is 0 Å². The van der Waals surface area contributed by atoms with Gasteiger partial charge in [0.15, 0.2) is 12.0 Å². The van der Waals surface area contributed by atoms with Gasteiger partial charge < -0.3 is 4.42 Å². The van der Waals surface area contributed by atoms with E-state index in [1.165, 1.54) is 44.3 Å². The van der Waals surface area contributed by atoms with Crippen LogP contribution in [0.2, 0.25) is 0 Å². The first-order chi connectivity index (χ1) is 7.93. The van der Waals surface area contributed by atoms with Crippen LogP contribution in [-0.4, -0.2) is 23.0 Å². The lowest BCUT2D eigenvalue weighted by atomic mass is 10.1. The summed E-state index contributed by atoms with van der Waals surface area (Å²) in [5, 5.41) is 0. The quantitative estimate of drug-likeness (QED) is 0.773. The number of oxazole rings is 1. The molecule has 1 aliphatic heterocycles. The second kappa shape index (κ2) is 4.26. The number of likely N-dealkylation sites (tertiary alicyclic amines) is 1. The first kappa shape index (κ1) is 9.85. The van der Waals surface area contributed by atoms with Crippen molar-refractivity contribution in [1.29, 1.82) is 0 Å². The number of nitrogens with zero attached hydrogens (tertiary/aromatic N) is 2. The Hall–Kier alpha value is -1.35. The number of benzene rings is 1. The average molecular weight is 216 g/mol. The average Bonchev–Trinajstić information content (AvgIpc) is 2.80. The summed E-state index contributed by atoms with van der Waals surface area (Å²) in [7, 11) is 0. The van der Waals surface area contributed by atoms with Crippen molar-refractivity contribution in [2.24, 2.45) is 0 Å². The fourth-order valence-corrected chi connectivity index (χ4v) is 2.43. The van der Waals surface area contributed by atoms with Gasteiger partial charge in [0.05, 0.1) is 0 Å². The molecule has 3 heteroatoms. The Morgan fingerprint density at radius 1 is 1.19 bits per heavy atom. The molecule has 1 aliphatic rings. The van der Waals surface area contributed by atoms with E-state index in [1.807, 2.05) is 6.07 Å². The highest BCUT2D eigenvalue weighted by Gasteiger charge is 2.13. The molecular weight excluding hydrogens is 200 g/mol. The van der Waals surface area contributed by atoms with E-state index in [0.29, 0.717) is 0 Å². The first-order valence-electron chi connectivity index (χ1n) is 5.97. The maximum absolute atomic E-state index is 5.45. The van der Waals surface area contributed by atoms with E-state index in [4.69, 9.17) is 4.42 Å². The molecule has 0 saturated carbocycles. The van der Waals surface area contributed by atoms with Crippen molar-refractivity contribution >= 4 is 11.1 Å². The van der Waals surface area contributed by atoms with Crippen LogP contribution in [0.4, 0.5) is 0 Å². The van der Waals surface area contributed by atoms with E-state index in [1.54, 1.807) is 0 Å². The lowest BCUT2D eigenvalue weighted by Gasteiger charge is -2.26. The van der Waals surface area contributed by atoms with E-state index >= 15 is 0 Å². The molecular formula is C13H16N2O. The molecule has 1 saturated heterocycles. The highest BCUT2D eigenvalue weighted by Crippen LogP contribution is 2.20. The van der Waals surface area contributed by atoms with Gasteiger partial charge in [-0.15, -0.1) is 0 Å². The summed E-state index contributed by atoms with van der Waals surface area (Å²) < 4.78 is 5.45. The van der Waals surface area contributed by atoms with Gasteiger partial charge in [-0.3, -0.25) is 4.90 Å². The largest absolute Gasteiger partial charge is 0.443 e. The molecule has 1 aromatic heterocycles. The molecule has 16 heavy (non-hydrogen) atoms. The van der Waals surface area contributed by atoms with E-state index in [-0.39, 0.29) is 0 Å². The molecule has 0 amide bonds. The molecule has 0 atom stereocenters. The van der Waals surface area contributed by atoms with Crippen LogP contribution in [0.3, 0.4) is 0 Å². The van der Waals surface area contributed by atoms with Crippen LogP contribution in [0.1, 0.15) is 24.8 Å². The topological polar surface area (TPSA) is 29.3 Å². The molecule has 0 unspecified atom stereocenters. The minimum absolute atomic E-state index is 0.952. The van der Waals surface area contributed by atoms with E-state index in [0.717, 1.165) is 17.6 Å². The molecule has 1 aromatic carbocycles. The standard InChI is InChI=1S/C13H16N2O/c1-2-7-15(8-3-1)9-11-5-4-6-12-13(11)16-10-14-12/h4-6,10H,1-3,7-9H2. The summed E-state index contributed by atoms with van der Waals surface area (Å²) in [4.78, 5) is 6.69. The Kier molecular flexibility index (Phi) is 2.62. The zero-order valence-electron chi connectivity index (χ0n) is 9.35. The van der Waals surface area contributed by atoms with Crippen LogP contribution in [0.15, 0.2) is 29.0 Å². The van der Waals surface area contributed by atoms with Crippen molar-refractivity contribution in [3.8, 4) is 0 Å². The van der Waals surface area contributed by atoms with Crippen molar-refractivity contribution in [1.82, 2.24) is 9.88 Å². The number of para-hydroxylation sites is 1. The highest BCUT2D eigenvalue weighted by atomic mass is 16.3. The molecule has 1 fully saturated rings. The highest BCUT2D eigenvalue weighted by molar-refractivity contribution is 5.75. The fourth-order valence-electron chi connectivity index (χ4n) is 2.43. The maximum Gasteiger partial charge on any atom is 0.181 e. The van der Waals surface area contributed by atoms with Gasteiger partial charge >= 0.3 is 0 Å². The lowest BCUT2D eigenvalue weighted by molar-refractivity contribution is 0.221. The molecule has 0 radical (unpaired) electrons. The van der Waals surface area contributed by atoms with Crippen molar-refractivity contribution in [2.45, 2.75) is 25.8 Å². The van der Waals surface area contributed by atoms with E-state index < -0.39 is 0 Å². The predicted octanol–water partition coefficient (Wildman–Crippen LogP) is 2.81. The molecule has 84 valence electrons. The van der Waals surface area contributed by atoms with Crippen molar-refractivity contribution in [3.63, 3.8) is 0 Å². The Bertz CT molecular complexity index is 471. The summed E-state index contributed by atoms with van der Waals surface area (Å²) >= 11 is 0. The molecule has 0 bridgehead atoms. The zero-order chi connectivity index (χ0) is 10.8. The Morgan fingerprint density at radius 2 is 2.06 bits per heavy atom. The second-order valence-corrected chi connectivity index (χ2v) is 4.45. The monoisotopic (exact) mass is 216 g/mol. The van der Waals surface area contributed by atoms with Gasteiger partial charge in [-0.1, -0.05) is 18.6 Å². The summed E-state index contributed by atoms with van der Waals surface area (Å²) in [5.41, 5.74) is 3.18. The minimum Gasteiger partial charge on any atom is -0.443 e. The van der Waals surface area contributed by atoms with Crippen LogP contribution in [0, 0.1) is 0 Å². The third-order valence-electron chi connectivity index (χ3n) is 3.28. The molecule has 3 nitrogen and oxygen atoms in total. The number of piperidine rings is 1. The predicted molar refractivity (Wildman–Crippen MR) is 63.1 cm³/mol. The van der Waals surface area contributed by atoms with Crippen molar-refractivity contribution in [2.75, 3.05) is 13.1 Å². The van der Waals surface area contributed by atoms with Gasteiger partial charge in [0.1, 0.15) is 5.52 Å². The minimum atomic E-state index is 0.952. The maximum atomic E-state index is 5.45. The van der Waals surface area contributed by atoms with Crippen LogP contribution >= 0.6 is 0 Å². The molecule has 0 spiro atoms. The van der Waals surface area contributed by atoms with Crippen LogP contribution in [-0.2, 0) is 6.54 Å². The first-order valence-corrected chi connectivity index (χ1v) is 5.97. The lowest BCUT2D eigenvalue weighted by Crippen LogP contribution is -2.29. The smallest absolute Gasteiger partial charge is 0.181 e. The van der Waals surface area contributed by atoms with Crippen molar-refractivity contribution < 1.29 is 4.42 Å². The Labute approximate surface area is 95.1 Å². The van der Waals surface area contributed by atoms with Gasteiger partial charge in [-0.25, -0.2) is 4.98 Å². The number of rotatable bonds is 2.